The van der Waals surface area contributed by atoms with E-state index >= 15 is 0 Å². The van der Waals surface area contributed by atoms with E-state index < -0.39 is 0 Å². The highest BCUT2D eigenvalue weighted by Crippen LogP contribution is 2.07. The SMILES string of the molecule is C[C@@H](I)Nc1ccc(F)cn1. The van der Waals surface area contributed by atoms with Gasteiger partial charge in [0, 0.05) is 0 Å². The Hall–Kier alpha value is -0.390. The first-order valence-electron chi connectivity index (χ1n) is 3.20. The molecule has 0 spiro atoms. The molecule has 0 saturated carbocycles. The second-order valence-electron chi connectivity index (χ2n) is 2.12. The molecule has 60 valence electrons. The zero-order valence-electron chi connectivity index (χ0n) is 6.01. The smallest absolute Gasteiger partial charge is 0.141 e. The summed E-state index contributed by atoms with van der Waals surface area (Å²) in [6, 6.07) is 3.00. The molecule has 11 heavy (non-hydrogen) atoms. The number of anilines is 1. The largest absolute Gasteiger partial charge is 0.359 e. The third-order valence-electron chi connectivity index (χ3n) is 1.07. The number of rotatable bonds is 2. The lowest BCUT2D eigenvalue weighted by Gasteiger charge is -2.05. The molecule has 0 amide bonds. The molecule has 0 saturated heterocycles. The third-order valence-corrected chi connectivity index (χ3v) is 1.39. The number of alkyl halides is 1. The Balaban J connectivity index is 2.66. The molecular formula is C7H8FIN2. The Bertz CT molecular complexity index is 222. The molecule has 0 fully saturated rings. The summed E-state index contributed by atoms with van der Waals surface area (Å²) in [7, 11) is 0. The maximum atomic E-state index is 12.3. The van der Waals surface area contributed by atoms with Gasteiger partial charge in [0.15, 0.2) is 0 Å². The number of halogens is 2. The van der Waals surface area contributed by atoms with Crippen molar-refractivity contribution in [2.75, 3.05) is 5.32 Å². The van der Waals surface area contributed by atoms with Crippen LogP contribution in [0.4, 0.5) is 10.2 Å². The van der Waals surface area contributed by atoms with E-state index in [0.717, 1.165) is 0 Å². The van der Waals surface area contributed by atoms with Gasteiger partial charge in [-0.2, -0.15) is 0 Å². The lowest BCUT2D eigenvalue weighted by Crippen LogP contribution is -2.07. The van der Waals surface area contributed by atoms with Crippen LogP contribution in [-0.2, 0) is 0 Å². The molecule has 0 unspecified atom stereocenters. The topological polar surface area (TPSA) is 24.9 Å². The van der Waals surface area contributed by atoms with Gasteiger partial charge in [-0.25, -0.2) is 9.37 Å². The Morgan fingerprint density at radius 3 is 2.82 bits per heavy atom. The van der Waals surface area contributed by atoms with E-state index in [1.807, 2.05) is 6.92 Å². The monoisotopic (exact) mass is 266 g/mol. The van der Waals surface area contributed by atoms with Gasteiger partial charge < -0.3 is 5.32 Å². The lowest BCUT2D eigenvalue weighted by atomic mass is 10.4. The standard InChI is InChI=1S/C7H8FIN2/c1-5(9)11-7-3-2-6(8)4-10-7/h2-5H,1H3,(H,10,11)/t5-/m0/s1. The zero-order chi connectivity index (χ0) is 8.27. The number of hydrogen-bond acceptors (Lipinski definition) is 2. The second-order valence-corrected chi connectivity index (χ2v) is 3.99. The highest BCUT2D eigenvalue weighted by atomic mass is 127. The Morgan fingerprint density at radius 1 is 1.64 bits per heavy atom. The molecule has 4 heteroatoms. The van der Waals surface area contributed by atoms with Crippen molar-refractivity contribution < 1.29 is 4.39 Å². The van der Waals surface area contributed by atoms with Gasteiger partial charge >= 0.3 is 0 Å². The minimum Gasteiger partial charge on any atom is -0.359 e. The molecule has 0 aliphatic carbocycles. The average molecular weight is 266 g/mol. The maximum absolute atomic E-state index is 12.3. The summed E-state index contributed by atoms with van der Waals surface area (Å²) in [5, 5.41) is 3.04. The Kier molecular flexibility index (Phi) is 3.04. The van der Waals surface area contributed by atoms with E-state index in [0.29, 0.717) is 9.87 Å². The van der Waals surface area contributed by atoms with Gasteiger partial charge in [-0.05, 0) is 19.1 Å². The number of pyridine rings is 1. The van der Waals surface area contributed by atoms with Crippen LogP contribution >= 0.6 is 22.6 Å². The summed E-state index contributed by atoms with van der Waals surface area (Å²) >= 11 is 2.21. The van der Waals surface area contributed by atoms with Crippen molar-refractivity contribution in [2.45, 2.75) is 11.0 Å². The molecule has 1 aromatic rings. The van der Waals surface area contributed by atoms with Crippen LogP contribution in [0.15, 0.2) is 18.3 Å². The normalized spacial score (nSPS) is 12.6. The molecular weight excluding hydrogens is 258 g/mol. The summed E-state index contributed by atoms with van der Waals surface area (Å²) < 4.78 is 12.6. The first kappa shape index (κ1) is 8.70. The summed E-state index contributed by atoms with van der Waals surface area (Å²) in [6.45, 7) is 1.99. The van der Waals surface area contributed by atoms with Crippen molar-refractivity contribution in [1.29, 1.82) is 0 Å². The minimum atomic E-state index is -0.309. The zero-order valence-corrected chi connectivity index (χ0v) is 8.17. The Morgan fingerprint density at radius 2 is 2.36 bits per heavy atom. The quantitative estimate of drug-likeness (QED) is 0.505. The van der Waals surface area contributed by atoms with E-state index in [9.17, 15) is 4.39 Å². The van der Waals surface area contributed by atoms with Crippen LogP contribution in [0.1, 0.15) is 6.92 Å². The Labute approximate surface area is 78.4 Å². The number of nitrogens with one attached hydrogen (secondary N) is 1. The van der Waals surface area contributed by atoms with Crippen molar-refractivity contribution in [1.82, 2.24) is 4.98 Å². The molecule has 1 N–H and O–H groups in total. The molecule has 1 aromatic heterocycles. The molecule has 0 bridgehead atoms. The van der Waals surface area contributed by atoms with Crippen molar-refractivity contribution in [3.8, 4) is 0 Å². The fraction of sp³-hybridized carbons (Fsp3) is 0.286. The molecule has 1 rings (SSSR count). The number of hydrogen-bond donors (Lipinski definition) is 1. The molecule has 0 aliphatic rings. The van der Waals surface area contributed by atoms with Gasteiger partial charge in [-0.1, -0.05) is 22.6 Å². The van der Waals surface area contributed by atoms with Gasteiger partial charge in [-0.3, -0.25) is 0 Å². The highest BCUT2D eigenvalue weighted by molar-refractivity contribution is 14.1. The maximum Gasteiger partial charge on any atom is 0.141 e. The molecule has 0 aliphatic heterocycles. The van der Waals surface area contributed by atoms with Crippen LogP contribution in [0.2, 0.25) is 0 Å². The van der Waals surface area contributed by atoms with Crippen molar-refractivity contribution in [3.05, 3.63) is 24.1 Å². The highest BCUT2D eigenvalue weighted by Gasteiger charge is 1.96. The van der Waals surface area contributed by atoms with Gasteiger partial charge in [0.2, 0.25) is 0 Å². The first-order chi connectivity index (χ1) is 5.18. The van der Waals surface area contributed by atoms with E-state index in [4.69, 9.17) is 0 Å². The van der Waals surface area contributed by atoms with Crippen LogP contribution in [0.5, 0.6) is 0 Å². The number of nitrogens with zero attached hydrogens (tertiary/aromatic N) is 1. The van der Waals surface area contributed by atoms with Gasteiger partial charge in [0.25, 0.3) is 0 Å². The fourth-order valence-corrected chi connectivity index (χ4v) is 0.984. The van der Waals surface area contributed by atoms with Gasteiger partial charge in [-0.15, -0.1) is 0 Å². The first-order valence-corrected chi connectivity index (χ1v) is 4.45. The van der Waals surface area contributed by atoms with Crippen LogP contribution in [-0.4, -0.2) is 9.03 Å². The minimum absolute atomic E-state index is 0.297. The summed E-state index contributed by atoms with van der Waals surface area (Å²) in [5.74, 6) is 0.393. The molecule has 1 atom stereocenters. The summed E-state index contributed by atoms with van der Waals surface area (Å²) in [6.07, 6.45) is 1.20. The predicted molar refractivity (Wildman–Crippen MR) is 51.3 cm³/mol. The molecule has 0 aromatic carbocycles. The van der Waals surface area contributed by atoms with Crippen molar-refractivity contribution in [2.24, 2.45) is 0 Å². The van der Waals surface area contributed by atoms with E-state index in [1.54, 1.807) is 6.07 Å². The number of aromatic nitrogens is 1. The lowest BCUT2D eigenvalue weighted by molar-refractivity contribution is 0.621. The van der Waals surface area contributed by atoms with Crippen LogP contribution in [0.25, 0.3) is 0 Å². The van der Waals surface area contributed by atoms with E-state index in [2.05, 4.69) is 32.9 Å². The third kappa shape index (κ3) is 3.00. The van der Waals surface area contributed by atoms with Crippen LogP contribution in [0, 0.1) is 5.82 Å². The van der Waals surface area contributed by atoms with Crippen LogP contribution in [0.3, 0.4) is 0 Å². The molecule has 2 nitrogen and oxygen atoms in total. The van der Waals surface area contributed by atoms with Gasteiger partial charge in [0.05, 0.1) is 10.2 Å². The van der Waals surface area contributed by atoms with Crippen LogP contribution < -0.4 is 5.32 Å². The van der Waals surface area contributed by atoms with Crippen molar-refractivity contribution in [3.63, 3.8) is 0 Å². The van der Waals surface area contributed by atoms with Gasteiger partial charge in [0.1, 0.15) is 11.6 Å². The van der Waals surface area contributed by atoms with E-state index in [1.165, 1.54) is 12.3 Å². The van der Waals surface area contributed by atoms with Crippen molar-refractivity contribution >= 4 is 28.4 Å². The summed E-state index contributed by atoms with van der Waals surface area (Å²) in [5.41, 5.74) is 0. The molecule has 1 heterocycles. The average Bonchev–Trinajstić information content (AvgIpc) is 1.93. The molecule has 0 radical (unpaired) electrons. The van der Waals surface area contributed by atoms with E-state index in [-0.39, 0.29) is 5.82 Å². The second kappa shape index (κ2) is 3.85. The summed E-state index contributed by atoms with van der Waals surface area (Å²) in [4.78, 5) is 3.83. The predicted octanol–water partition coefficient (Wildman–Crippen LogP) is 2.41. The fourth-order valence-electron chi connectivity index (χ4n) is 0.665.